The molecule has 2 fully saturated rings. The first-order chi connectivity index (χ1) is 8.74. The van der Waals surface area contributed by atoms with E-state index in [4.69, 9.17) is 4.74 Å². The lowest BCUT2D eigenvalue weighted by atomic mass is 9.73. The molecule has 18 heavy (non-hydrogen) atoms. The highest BCUT2D eigenvalue weighted by atomic mass is 16.5. The van der Waals surface area contributed by atoms with Gasteiger partial charge in [-0.3, -0.25) is 4.90 Å². The first kappa shape index (κ1) is 14.3. The summed E-state index contributed by atoms with van der Waals surface area (Å²) in [6.07, 6.45) is 8.51. The highest BCUT2D eigenvalue weighted by Gasteiger charge is 2.44. The van der Waals surface area contributed by atoms with E-state index >= 15 is 0 Å². The maximum atomic E-state index is 9.34. The van der Waals surface area contributed by atoms with E-state index in [0.717, 1.165) is 19.6 Å². The van der Waals surface area contributed by atoms with Crippen LogP contribution in [-0.4, -0.2) is 47.4 Å². The Hall–Kier alpha value is -0.120. The molecule has 0 aromatic rings. The summed E-state index contributed by atoms with van der Waals surface area (Å²) in [5.41, 5.74) is 0.211. The zero-order valence-electron chi connectivity index (χ0n) is 12.0. The maximum Gasteiger partial charge on any atom is 0.0697 e. The number of ether oxygens (including phenoxy) is 1. The van der Waals surface area contributed by atoms with Gasteiger partial charge in [0.2, 0.25) is 0 Å². The van der Waals surface area contributed by atoms with Crippen LogP contribution < -0.4 is 0 Å². The third-order valence-electron chi connectivity index (χ3n) is 4.97. The summed E-state index contributed by atoms with van der Waals surface area (Å²) in [4.78, 5) is 2.56. The second-order valence-electron chi connectivity index (χ2n) is 5.96. The molecule has 0 aromatic heterocycles. The lowest BCUT2D eigenvalue weighted by Crippen LogP contribution is -2.54. The van der Waals surface area contributed by atoms with Crippen molar-refractivity contribution < 1.29 is 9.84 Å². The first-order valence-electron chi connectivity index (χ1n) is 7.75. The Morgan fingerprint density at radius 2 is 2.06 bits per heavy atom. The Kier molecular flexibility index (Phi) is 5.05. The van der Waals surface area contributed by atoms with Gasteiger partial charge in [0.15, 0.2) is 0 Å². The molecule has 1 heterocycles. The first-order valence-corrected chi connectivity index (χ1v) is 7.75. The molecule has 1 spiro atoms. The van der Waals surface area contributed by atoms with Crippen molar-refractivity contribution in [1.82, 2.24) is 4.90 Å². The summed E-state index contributed by atoms with van der Waals surface area (Å²) in [6, 6.07) is 1.24. The van der Waals surface area contributed by atoms with Crippen molar-refractivity contribution in [2.45, 2.75) is 76.5 Å². The van der Waals surface area contributed by atoms with Crippen molar-refractivity contribution in [3.63, 3.8) is 0 Å². The van der Waals surface area contributed by atoms with Crippen molar-refractivity contribution in [2.24, 2.45) is 0 Å². The van der Waals surface area contributed by atoms with Crippen LogP contribution in [-0.2, 0) is 4.74 Å². The smallest absolute Gasteiger partial charge is 0.0697 e. The Morgan fingerprint density at radius 3 is 2.56 bits per heavy atom. The molecule has 2 aliphatic rings. The molecule has 0 bridgehead atoms. The number of aliphatic hydroxyl groups is 1. The van der Waals surface area contributed by atoms with Gasteiger partial charge in [-0.25, -0.2) is 0 Å². The van der Waals surface area contributed by atoms with E-state index in [1.54, 1.807) is 0 Å². The molecular formula is C15H29NO2. The van der Waals surface area contributed by atoms with Gasteiger partial charge in [0, 0.05) is 25.2 Å². The molecule has 1 atom stereocenters. The van der Waals surface area contributed by atoms with E-state index in [1.807, 2.05) is 0 Å². The predicted octanol–water partition coefficient (Wildman–Crippen LogP) is 2.57. The molecule has 1 N–H and O–H groups in total. The van der Waals surface area contributed by atoms with Crippen LogP contribution in [0.5, 0.6) is 0 Å². The third kappa shape index (κ3) is 2.89. The molecule has 0 amide bonds. The summed E-state index contributed by atoms with van der Waals surface area (Å²) < 4.78 is 6.02. The minimum Gasteiger partial charge on any atom is -0.395 e. The normalized spacial score (nSPS) is 26.8. The van der Waals surface area contributed by atoms with Crippen LogP contribution in [0.15, 0.2) is 0 Å². The molecule has 1 aliphatic carbocycles. The molecule has 3 nitrogen and oxygen atoms in total. The SMILES string of the molecule is CCC(CC)N(CCO)C1CCOC2(CCC2)C1. The minimum atomic E-state index is 0.211. The van der Waals surface area contributed by atoms with Crippen LogP contribution in [0.4, 0.5) is 0 Å². The zero-order chi connectivity index (χ0) is 13.0. The van der Waals surface area contributed by atoms with Crippen molar-refractivity contribution >= 4 is 0 Å². The van der Waals surface area contributed by atoms with Crippen LogP contribution in [0.3, 0.4) is 0 Å². The molecule has 1 saturated heterocycles. The maximum absolute atomic E-state index is 9.34. The molecule has 0 aromatic carbocycles. The van der Waals surface area contributed by atoms with Crippen molar-refractivity contribution in [3.8, 4) is 0 Å². The van der Waals surface area contributed by atoms with Crippen LogP contribution in [0, 0.1) is 0 Å². The average molecular weight is 255 g/mol. The summed E-state index contributed by atoms with van der Waals surface area (Å²) in [5, 5.41) is 9.34. The molecule has 1 unspecified atom stereocenters. The number of aliphatic hydroxyl groups excluding tert-OH is 1. The lowest BCUT2D eigenvalue weighted by Gasteiger charge is -2.50. The van der Waals surface area contributed by atoms with Crippen LogP contribution in [0.2, 0.25) is 0 Å². The lowest BCUT2D eigenvalue weighted by molar-refractivity contribution is -0.152. The van der Waals surface area contributed by atoms with E-state index in [1.165, 1.54) is 38.5 Å². The second kappa shape index (κ2) is 6.36. The van der Waals surface area contributed by atoms with Crippen molar-refractivity contribution in [2.75, 3.05) is 19.8 Å². The fourth-order valence-electron chi connectivity index (χ4n) is 3.74. The van der Waals surface area contributed by atoms with Crippen molar-refractivity contribution in [1.29, 1.82) is 0 Å². The van der Waals surface area contributed by atoms with Crippen LogP contribution >= 0.6 is 0 Å². The highest BCUT2D eigenvalue weighted by Crippen LogP contribution is 2.43. The van der Waals surface area contributed by atoms with Gasteiger partial charge in [0.1, 0.15) is 0 Å². The summed E-state index contributed by atoms with van der Waals surface area (Å²) in [7, 11) is 0. The molecule has 2 rings (SSSR count). The zero-order valence-corrected chi connectivity index (χ0v) is 12.0. The topological polar surface area (TPSA) is 32.7 Å². The molecular weight excluding hydrogens is 226 g/mol. The number of rotatable bonds is 6. The Balaban J connectivity index is 2.00. The van der Waals surface area contributed by atoms with Crippen LogP contribution in [0.25, 0.3) is 0 Å². The standard InChI is InChI=1S/C15H29NO2/c1-3-13(4-2)16(9-10-17)14-6-11-18-15(12-14)7-5-8-15/h13-14,17H,3-12H2,1-2H3. The van der Waals surface area contributed by atoms with Crippen molar-refractivity contribution in [3.05, 3.63) is 0 Å². The third-order valence-corrected chi connectivity index (χ3v) is 4.97. The van der Waals surface area contributed by atoms with Gasteiger partial charge in [0.05, 0.1) is 12.2 Å². The molecule has 1 saturated carbocycles. The van der Waals surface area contributed by atoms with Gasteiger partial charge in [-0.1, -0.05) is 13.8 Å². The number of nitrogens with zero attached hydrogens (tertiary/aromatic N) is 1. The highest BCUT2D eigenvalue weighted by molar-refractivity contribution is 4.97. The van der Waals surface area contributed by atoms with Crippen LogP contribution in [0.1, 0.15) is 58.8 Å². The quantitative estimate of drug-likeness (QED) is 0.792. The van der Waals surface area contributed by atoms with E-state index in [2.05, 4.69) is 18.7 Å². The van der Waals surface area contributed by atoms with E-state index in [0.29, 0.717) is 12.1 Å². The monoisotopic (exact) mass is 255 g/mol. The van der Waals surface area contributed by atoms with Gasteiger partial charge in [-0.05, 0) is 44.9 Å². The summed E-state index contributed by atoms with van der Waals surface area (Å²) >= 11 is 0. The fourth-order valence-corrected chi connectivity index (χ4v) is 3.74. The van der Waals surface area contributed by atoms with Gasteiger partial charge in [-0.15, -0.1) is 0 Å². The molecule has 106 valence electrons. The van der Waals surface area contributed by atoms with Gasteiger partial charge >= 0.3 is 0 Å². The second-order valence-corrected chi connectivity index (χ2v) is 5.96. The van der Waals surface area contributed by atoms with E-state index in [-0.39, 0.29) is 12.2 Å². The largest absolute Gasteiger partial charge is 0.395 e. The van der Waals surface area contributed by atoms with Gasteiger partial charge < -0.3 is 9.84 Å². The predicted molar refractivity (Wildman–Crippen MR) is 73.7 cm³/mol. The Labute approximate surface area is 112 Å². The average Bonchev–Trinajstić information content (AvgIpc) is 2.37. The minimum absolute atomic E-state index is 0.211. The van der Waals surface area contributed by atoms with E-state index < -0.39 is 0 Å². The summed E-state index contributed by atoms with van der Waals surface area (Å²) in [6.45, 7) is 6.54. The number of hydrogen-bond donors (Lipinski definition) is 1. The van der Waals surface area contributed by atoms with Gasteiger partial charge in [0.25, 0.3) is 0 Å². The van der Waals surface area contributed by atoms with E-state index in [9.17, 15) is 5.11 Å². The van der Waals surface area contributed by atoms with Gasteiger partial charge in [-0.2, -0.15) is 0 Å². The summed E-state index contributed by atoms with van der Waals surface area (Å²) in [5.74, 6) is 0. The Bertz CT molecular complexity index is 249. The molecule has 3 heteroatoms. The number of hydrogen-bond acceptors (Lipinski definition) is 3. The Morgan fingerprint density at radius 1 is 1.33 bits per heavy atom. The molecule has 0 radical (unpaired) electrons. The fraction of sp³-hybridized carbons (Fsp3) is 1.00. The molecule has 1 aliphatic heterocycles.